The number of ether oxygens (including phenoxy) is 1. The maximum Gasteiger partial charge on any atom is 0.319 e. The Morgan fingerprint density at radius 3 is 2.79 bits per heavy atom. The molecule has 0 atom stereocenters. The molecule has 2 amide bonds. The van der Waals surface area contributed by atoms with Gasteiger partial charge in [0.1, 0.15) is 0 Å². The molecule has 0 spiro atoms. The van der Waals surface area contributed by atoms with Gasteiger partial charge >= 0.3 is 6.03 Å². The van der Waals surface area contributed by atoms with Crippen LogP contribution in [0.1, 0.15) is 5.56 Å². The molecule has 3 aromatic rings. The Bertz CT molecular complexity index is 917. The molecule has 152 valence electrons. The number of para-hydroxylation sites is 1. The van der Waals surface area contributed by atoms with Crippen LogP contribution in [0, 0.1) is 0 Å². The minimum atomic E-state index is -0.270. The van der Waals surface area contributed by atoms with Gasteiger partial charge in [0.15, 0.2) is 0 Å². The Hall–Kier alpha value is -3.17. The van der Waals surface area contributed by atoms with E-state index in [4.69, 9.17) is 4.74 Å². The molecule has 29 heavy (non-hydrogen) atoms. The third-order valence-corrected chi connectivity index (χ3v) is 4.82. The molecule has 1 aliphatic rings. The Morgan fingerprint density at radius 1 is 1.10 bits per heavy atom. The van der Waals surface area contributed by atoms with Crippen molar-refractivity contribution in [1.29, 1.82) is 0 Å². The molecule has 2 aromatic heterocycles. The number of benzene rings is 1. The summed E-state index contributed by atoms with van der Waals surface area (Å²) >= 11 is 0. The highest BCUT2D eigenvalue weighted by atomic mass is 16.5. The van der Waals surface area contributed by atoms with E-state index >= 15 is 0 Å². The minimum Gasteiger partial charge on any atom is -0.379 e. The molecular weight excluding hydrogens is 370 g/mol. The van der Waals surface area contributed by atoms with E-state index in [2.05, 4.69) is 25.7 Å². The zero-order chi connectivity index (χ0) is 19.9. The number of carbonyl (C=O) groups excluding carboxylic acids is 1. The summed E-state index contributed by atoms with van der Waals surface area (Å²) in [7, 11) is 0. The van der Waals surface area contributed by atoms with Gasteiger partial charge < -0.3 is 15.4 Å². The topological polar surface area (TPSA) is 89.2 Å². The van der Waals surface area contributed by atoms with Crippen LogP contribution in [0.25, 0.3) is 5.69 Å². The van der Waals surface area contributed by atoms with E-state index < -0.39 is 0 Å². The lowest BCUT2D eigenvalue weighted by atomic mass is 10.2. The number of urea groups is 1. The summed E-state index contributed by atoms with van der Waals surface area (Å²) in [4.78, 5) is 14.6. The van der Waals surface area contributed by atoms with Gasteiger partial charge in [0, 0.05) is 44.8 Å². The monoisotopic (exact) mass is 395 g/mol. The van der Waals surface area contributed by atoms with Crippen LogP contribution in [0.3, 0.4) is 0 Å². The number of amides is 2. The van der Waals surface area contributed by atoms with E-state index in [0.29, 0.717) is 12.2 Å². The van der Waals surface area contributed by atoms with Crippen LogP contribution in [0.2, 0.25) is 0 Å². The SMILES string of the molecule is O=C(NCc1ccccc1-n1cccn1)Nc1cnn(CCN2CCOCC2)c1. The molecule has 1 aromatic carbocycles. The van der Waals surface area contributed by atoms with Crippen molar-refractivity contribution in [3.8, 4) is 5.69 Å². The number of hydrogen-bond donors (Lipinski definition) is 2. The summed E-state index contributed by atoms with van der Waals surface area (Å²) in [5.74, 6) is 0. The molecule has 0 bridgehead atoms. The van der Waals surface area contributed by atoms with Crippen molar-refractivity contribution in [1.82, 2.24) is 29.8 Å². The predicted octanol–water partition coefficient (Wildman–Crippen LogP) is 1.72. The van der Waals surface area contributed by atoms with Crippen molar-refractivity contribution in [3.05, 3.63) is 60.7 Å². The van der Waals surface area contributed by atoms with Crippen LogP contribution in [-0.4, -0.2) is 63.3 Å². The Morgan fingerprint density at radius 2 is 1.97 bits per heavy atom. The lowest BCUT2D eigenvalue weighted by molar-refractivity contribution is 0.0360. The lowest BCUT2D eigenvalue weighted by Gasteiger charge is -2.26. The van der Waals surface area contributed by atoms with Crippen LogP contribution < -0.4 is 10.6 Å². The zero-order valence-electron chi connectivity index (χ0n) is 16.2. The molecule has 9 nitrogen and oxygen atoms in total. The van der Waals surface area contributed by atoms with Gasteiger partial charge in [0.05, 0.1) is 37.3 Å². The number of hydrogen-bond acceptors (Lipinski definition) is 5. The standard InChI is InChI=1S/C20H25N7O2/c28-20(21-14-17-4-1-2-5-19(17)27-7-3-6-22-27)24-18-15-23-26(16-18)9-8-25-10-12-29-13-11-25/h1-7,15-16H,8-14H2,(H2,21,24,28). The van der Waals surface area contributed by atoms with Gasteiger partial charge in [0.2, 0.25) is 0 Å². The van der Waals surface area contributed by atoms with Gasteiger partial charge in [-0.1, -0.05) is 18.2 Å². The Balaban J connectivity index is 1.27. The van der Waals surface area contributed by atoms with Crippen LogP contribution in [0.5, 0.6) is 0 Å². The fraction of sp³-hybridized carbons (Fsp3) is 0.350. The molecule has 0 unspecified atom stereocenters. The summed E-state index contributed by atoms with van der Waals surface area (Å²) in [6, 6.07) is 9.44. The van der Waals surface area contributed by atoms with Crippen LogP contribution >= 0.6 is 0 Å². The summed E-state index contributed by atoms with van der Waals surface area (Å²) < 4.78 is 8.99. The number of aromatic nitrogens is 4. The molecule has 1 saturated heterocycles. The van der Waals surface area contributed by atoms with E-state index in [1.165, 1.54) is 0 Å². The molecule has 1 aliphatic heterocycles. The van der Waals surface area contributed by atoms with Crippen molar-refractivity contribution in [2.24, 2.45) is 0 Å². The van der Waals surface area contributed by atoms with Crippen molar-refractivity contribution < 1.29 is 9.53 Å². The number of nitrogens with one attached hydrogen (secondary N) is 2. The highest BCUT2D eigenvalue weighted by Crippen LogP contribution is 2.13. The number of rotatable bonds is 7. The molecule has 4 rings (SSSR count). The molecule has 0 saturated carbocycles. The molecule has 1 fully saturated rings. The van der Waals surface area contributed by atoms with E-state index in [1.54, 1.807) is 17.1 Å². The van der Waals surface area contributed by atoms with Crippen LogP contribution in [0.4, 0.5) is 10.5 Å². The van der Waals surface area contributed by atoms with E-state index in [9.17, 15) is 4.79 Å². The average Bonchev–Trinajstić information content (AvgIpc) is 3.44. The smallest absolute Gasteiger partial charge is 0.319 e. The highest BCUT2D eigenvalue weighted by molar-refractivity contribution is 5.88. The second kappa shape index (κ2) is 9.35. The Labute approximate surface area is 169 Å². The second-order valence-corrected chi connectivity index (χ2v) is 6.83. The first kappa shape index (κ1) is 19.2. The van der Waals surface area contributed by atoms with Gasteiger partial charge in [0.25, 0.3) is 0 Å². The largest absolute Gasteiger partial charge is 0.379 e. The van der Waals surface area contributed by atoms with Crippen molar-refractivity contribution >= 4 is 11.7 Å². The summed E-state index contributed by atoms with van der Waals surface area (Å²) in [6.45, 7) is 5.57. The number of anilines is 1. The summed E-state index contributed by atoms with van der Waals surface area (Å²) in [5.41, 5.74) is 2.59. The van der Waals surface area contributed by atoms with Crippen molar-refractivity contribution in [2.75, 3.05) is 38.2 Å². The highest BCUT2D eigenvalue weighted by Gasteiger charge is 2.11. The maximum absolute atomic E-state index is 12.3. The van der Waals surface area contributed by atoms with Crippen LogP contribution in [0.15, 0.2) is 55.1 Å². The third kappa shape index (κ3) is 5.21. The minimum absolute atomic E-state index is 0.270. The normalized spacial score (nSPS) is 14.6. The number of morpholine rings is 1. The molecule has 9 heteroatoms. The molecule has 3 heterocycles. The fourth-order valence-electron chi connectivity index (χ4n) is 3.26. The number of carbonyl (C=O) groups is 1. The zero-order valence-corrected chi connectivity index (χ0v) is 16.2. The summed E-state index contributed by atoms with van der Waals surface area (Å²) in [5, 5.41) is 14.3. The van der Waals surface area contributed by atoms with E-state index in [0.717, 1.165) is 50.6 Å². The predicted molar refractivity (Wildman–Crippen MR) is 109 cm³/mol. The summed E-state index contributed by atoms with van der Waals surface area (Å²) in [6.07, 6.45) is 7.12. The van der Waals surface area contributed by atoms with E-state index in [-0.39, 0.29) is 6.03 Å². The first-order valence-corrected chi connectivity index (χ1v) is 9.73. The van der Waals surface area contributed by atoms with Gasteiger partial charge in [-0.2, -0.15) is 10.2 Å². The van der Waals surface area contributed by atoms with Gasteiger partial charge in [-0.15, -0.1) is 0 Å². The number of nitrogens with zero attached hydrogens (tertiary/aromatic N) is 5. The first-order valence-electron chi connectivity index (χ1n) is 9.73. The maximum atomic E-state index is 12.3. The molecule has 0 radical (unpaired) electrons. The Kier molecular flexibility index (Phi) is 6.18. The third-order valence-electron chi connectivity index (χ3n) is 4.82. The molecular formula is C20H25N7O2. The van der Waals surface area contributed by atoms with Crippen molar-refractivity contribution in [2.45, 2.75) is 13.1 Å². The quantitative estimate of drug-likeness (QED) is 0.636. The van der Waals surface area contributed by atoms with Gasteiger partial charge in [-0.25, -0.2) is 9.48 Å². The van der Waals surface area contributed by atoms with Gasteiger partial charge in [-0.3, -0.25) is 9.58 Å². The van der Waals surface area contributed by atoms with Gasteiger partial charge in [-0.05, 0) is 17.7 Å². The van der Waals surface area contributed by atoms with Crippen molar-refractivity contribution in [3.63, 3.8) is 0 Å². The molecule has 2 N–H and O–H groups in total. The fourth-order valence-corrected chi connectivity index (χ4v) is 3.26. The van der Waals surface area contributed by atoms with E-state index in [1.807, 2.05) is 47.4 Å². The molecule has 0 aliphatic carbocycles. The lowest BCUT2D eigenvalue weighted by Crippen LogP contribution is -2.38. The first-order chi connectivity index (χ1) is 14.3. The average molecular weight is 395 g/mol. The van der Waals surface area contributed by atoms with Crippen LogP contribution in [-0.2, 0) is 17.8 Å². The second-order valence-electron chi connectivity index (χ2n) is 6.83.